The Labute approximate surface area is 249 Å². The number of carbonyl (C=O) groups excluding carboxylic acids is 2. The van der Waals surface area contributed by atoms with Gasteiger partial charge in [0.2, 0.25) is 21.8 Å². The third-order valence-corrected chi connectivity index (χ3v) is 8.39. The summed E-state index contributed by atoms with van der Waals surface area (Å²) in [6, 6.07) is 21.8. The molecule has 0 radical (unpaired) electrons. The molecule has 3 aromatic rings. The van der Waals surface area contributed by atoms with Gasteiger partial charge in [-0.2, -0.15) is 0 Å². The topological polar surface area (TPSA) is 86.8 Å². The molecule has 3 aromatic carbocycles. The van der Waals surface area contributed by atoms with Crippen molar-refractivity contribution in [3.05, 3.63) is 100 Å². The predicted molar refractivity (Wildman–Crippen MR) is 167 cm³/mol. The molecular weight excluding hydrogens is 558 g/mol. The van der Waals surface area contributed by atoms with Gasteiger partial charge >= 0.3 is 0 Å². The van der Waals surface area contributed by atoms with E-state index in [0.29, 0.717) is 22.7 Å². The van der Waals surface area contributed by atoms with Crippen LogP contribution in [-0.4, -0.2) is 50.0 Å². The van der Waals surface area contributed by atoms with E-state index >= 15 is 0 Å². The molecule has 1 N–H and O–H groups in total. The standard InChI is InChI=1S/C32H40ClN3O4S/c1-23(2)34-32(38)30(21-26-13-7-6-8-14-26)35(22-27-15-9-12-24(3)20-27)31(37)18-11-19-36(41(5,39)40)29-17-10-16-28(33)25(29)4/h6-10,12-17,20,23,30H,11,18-19,21-22H2,1-5H3,(H,34,38)/t30-/m1/s1. The highest BCUT2D eigenvalue weighted by molar-refractivity contribution is 7.92. The minimum Gasteiger partial charge on any atom is -0.352 e. The van der Waals surface area contributed by atoms with Crippen molar-refractivity contribution in [2.45, 2.75) is 65.6 Å². The van der Waals surface area contributed by atoms with Crippen molar-refractivity contribution in [2.24, 2.45) is 0 Å². The fraction of sp³-hybridized carbons (Fsp3) is 0.375. The zero-order valence-electron chi connectivity index (χ0n) is 24.4. The summed E-state index contributed by atoms with van der Waals surface area (Å²) in [5.41, 5.74) is 4.06. The second-order valence-corrected chi connectivity index (χ2v) is 13.0. The average Bonchev–Trinajstić information content (AvgIpc) is 2.90. The molecule has 41 heavy (non-hydrogen) atoms. The van der Waals surface area contributed by atoms with Gasteiger partial charge in [0.1, 0.15) is 6.04 Å². The van der Waals surface area contributed by atoms with E-state index in [0.717, 1.165) is 22.9 Å². The summed E-state index contributed by atoms with van der Waals surface area (Å²) in [7, 11) is -3.63. The molecule has 7 nitrogen and oxygen atoms in total. The van der Waals surface area contributed by atoms with Crippen LogP contribution in [0.3, 0.4) is 0 Å². The van der Waals surface area contributed by atoms with Gasteiger partial charge in [-0.15, -0.1) is 0 Å². The van der Waals surface area contributed by atoms with Crippen LogP contribution < -0.4 is 9.62 Å². The van der Waals surface area contributed by atoms with Crippen molar-refractivity contribution in [3.8, 4) is 0 Å². The molecule has 220 valence electrons. The van der Waals surface area contributed by atoms with Crippen molar-refractivity contribution in [2.75, 3.05) is 17.1 Å². The molecule has 0 spiro atoms. The number of sulfonamides is 1. The van der Waals surface area contributed by atoms with Crippen molar-refractivity contribution >= 4 is 39.1 Å². The maximum absolute atomic E-state index is 13.9. The molecule has 0 bridgehead atoms. The number of nitrogens with one attached hydrogen (secondary N) is 1. The number of anilines is 1. The Hall–Kier alpha value is -3.36. The highest BCUT2D eigenvalue weighted by Crippen LogP contribution is 2.28. The van der Waals surface area contributed by atoms with Gasteiger partial charge in [-0.1, -0.05) is 77.8 Å². The number of aryl methyl sites for hydroxylation is 1. The summed E-state index contributed by atoms with van der Waals surface area (Å²) < 4.78 is 26.7. The highest BCUT2D eigenvalue weighted by atomic mass is 35.5. The largest absolute Gasteiger partial charge is 0.352 e. The molecule has 0 aromatic heterocycles. The second-order valence-electron chi connectivity index (χ2n) is 10.7. The first kappa shape index (κ1) is 32.2. The highest BCUT2D eigenvalue weighted by Gasteiger charge is 2.31. The fourth-order valence-electron chi connectivity index (χ4n) is 4.79. The molecule has 1 atom stereocenters. The average molecular weight is 598 g/mol. The SMILES string of the molecule is Cc1cccc(CN(C(=O)CCCN(c2cccc(Cl)c2C)S(C)(=O)=O)[C@H](Cc2ccccc2)C(=O)NC(C)C)c1. The Balaban J connectivity index is 1.90. The number of benzene rings is 3. The van der Waals surface area contributed by atoms with Crippen LogP contribution in [0.5, 0.6) is 0 Å². The normalized spacial score (nSPS) is 12.2. The van der Waals surface area contributed by atoms with E-state index in [1.54, 1.807) is 30.0 Å². The van der Waals surface area contributed by atoms with Crippen molar-refractivity contribution < 1.29 is 18.0 Å². The van der Waals surface area contributed by atoms with E-state index in [1.807, 2.05) is 75.4 Å². The molecule has 0 saturated carbocycles. The molecule has 0 unspecified atom stereocenters. The smallest absolute Gasteiger partial charge is 0.243 e. The van der Waals surface area contributed by atoms with E-state index in [9.17, 15) is 18.0 Å². The monoisotopic (exact) mass is 597 g/mol. The van der Waals surface area contributed by atoms with Gasteiger partial charge in [-0.3, -0.25) is 13.9 Å². The van der Waals surface area contributed by atoms with Gasteiger partial charge in [0, 0.05) is 37.0 Å². The fourth-order valence-corrected chi connectivity index (χ4v) is 5.98. The first-order valence-electron chi connectivity index (χ1n) is 13.8. The Morgan fingerprint density at radius 1 is 0.927 bits per heavy atom. The van der Waals surface area contributed by atoms with Crippen LogP contribution in [0.4, 0.5) is 5.69 Å². The molecule has 2 amide bonds. The lowest BCUT2D eigenvalue weighted by Crippen LogP contribution is -2.51. The van der Waals surface area contributed by atoms with Crippen LogP contribution in [0.1, 0.15) is 48.9 Å². The van der Waals surface area contributed by atoms with Crippen LogP contribution in [-0.2, 0) is 32.6 Å². The molecule has 0 aliphatic rings. The second kappa shape index (κ2) is 14.5. The summed E-state index contributed by atoms with van der Waals surface area (Å²) in [6.07, 6.45) is 1.84. The van der Waals surface area contributed by atoms with Crippen LogP contribution in [0.2, 0.25) is 5.02 Å². The van der Waals surface area contributed by atoms with Crippen LogP contribution in [0, 0.1) is 13.8 Å². The molecule has 0 saturated heterocycles. The van der Waals surface area contributed by atoms with Crippen LogP contribution in [0.15, 0.2) is 72.8 Å². The summed E-state index contributed by atoms with van der Waals surface area (Å²) >= 11 is 6.27. The van der Waals surface area contributed by atoms with E-state index in [1.165, 1.54) is 4.31 Å². The Morgan fingerprint density at radius 3 is 2.22 bits per heavy atom. The first-order valence-corrected chi connectivity index (χ1v) is 16.0. The van der Waals surface area contributed by atoms with Gasteiger partial charge < -0.3 is 10.2 Å². The van der Waals surface area contributed by atoms with Gasteiger partial charge in [-0.05, 0) is 62.9 Å². The Morgan fingerprint density at radius 2 is 1.59 bits per heavy atom. The Kier molecular flexibility index (Phi) is 11.4. The predicted octanol–water partition coefficient (Wildman–Crippen LogP) is 5.67. The van der Waals surface area contributed by atoms with Gasteiger partial charge in [0.25, 0.3) is 0 Å². The summed E-state index contributed by atoms with van der Waals surface area (Å²) in [5.74, 6) is -0.445. The third-order valence-electron chi connectivity index (χ3n) is 6.80. The summed E-state index contributed by atoms with van der Waals surface area (Å²) in [4.78, 5) is 29.1. The zero-order valence-corrected chi connectivity index (χ0v) is 26.0. The minimum absolute atomic E-state index is 0.0672. The number of hydrogen-bond acceptors (Lipinski definition) is 4. The number of amides is 2. The summed E-state index contributed by atoms with van der Waals surface area (Å²) in [6.45, 7) is 7.90. The molecule has 9 heteroatoms. The molecule has 0 aliphatic carbocycles. The van der Waals surface area contributed by atoms with E-state index in [-0.39, 0.29) is 43.8 Å². The number of rotatable bonds is 13. The van der Waals surface area contributed by atoms with Gasteiger partial charge in [0.15, 0.2) is 0 Å². The Bertz CT molecular complexity index is 1440. The molecule has 0 aliphatic heterocycles. The van der Waals surface area contributed by atoms with Crippen molar-refractivity contribution in [1.82, 2.24) is 10.2 Å². The lowest BCUT2D eigenvalue weighted by molar-refractivity contribution is -0.141. The number of carbonyl (C=O) groups is 2. The molecule has 0 fully saturated rings. The van der Waals surface area contributed by atoms with E-state index in [2.05, 4.69) is 5.32 Å². The number of nitrogens with zero attached hydrogens (tertiary/aromatic N) is 2. The van der Waals surface area contributed by atoms with Crippen molar-refractivity contribution in [1.29, 1.82) is 0 Å². The van der Waals surface area contributed by atoms with Gasteiger partial charge in [-0.25, -0.2) is 8.42 Å². The lowest BCUT2D eigenvalue weighted by Gasteiger charge is -2.32. The van der Waals surface area contributed by atoms with Crippen molar-refractivity contribution in [3.63, 3.8) is 0 Å². The maximum atomic E-state index is 13.9. The number of halogens is 1. The third kappa shape index (κ3) is 9.33. The van der Waals surface area contributed by atoms with E-state index < -0.39 is 16.1 Å². The van der Waals surface area contributed by atoms with Gasteiger partial charge in [0.05, 0.1) is 11.9 Å². The summed E-state index contributed by atoms with van der Waals surface area (Å²) in [5, 5.41) is 3.46. The van der Waals surface area contributed by atoms with Crippen LogP contribution in [0.25, 0.3) is 0 Å². The molecular formula is C32H40ClN3O4S. The molecule has 0 heterocycles. The number of hydrogen-bond donors (Lipinski definition) is 1. The minimum atomic E-state index is -3.63. The maximum Gasteiger partial charge on any atom is 0.243 e. The quantitative estimate of drug-likeness (QED) is 0.275. The lowest BCUT2D eigenvalue weighted by atomic mass is 10.0. The first-order chi connectivity index (χ1) is 19.4. The zero-order chi connectivity index (χ0) is 30.2. The van der Waals surface area contributed by atoms with Crippen LogP contribution >= 0.6 is 11.6 Å². The van der Waals surface area contributed by atoms with E-state index in [4.69, 9.17) is 11.6 Å². The molecule has 3 rings (SSSR count).